The van der Waals surface area contributed by atoms with Gasteiger partial charge in [0.05, 0.1) is 10.6 Å². The average molecular weight is 401 g/mol. The Morgan fingerprint density at radius 2 is 1.93 bits per heavy atom. The molecule has 0 radical (unpaired) electrons. The lowest BCUT2D eigenvalue weighted by atomic mass is 9.90. The van der Waals surface area contributed by atoms with Gasteiger partial charge < -0.3 is 5.32 Å². The van der Waals surface area contributed by atoms with Gasteiger partial charge in [-0.05, 0) is 36.2 Å². The maximum atomic E-state index is 14.3. The highest BCUT2D eigenvalue weighted by Gasteiger charge is 2.35. The molecule has 1 amide bonds. The third-order valence-corrected chi connectivity index (χ3v) is 7.65. The minimum atomic E-state index is -3.80. The van der Waals surface area contributed by atoms with E-state index in [2.05, 4.69) is 5.32 Å². The van der Waals surface area contributed by atoms with Crippen LogP contribution in [0.4, 0.5) is 10.1 Å². The van der Waals surface area contributed by atoms with Crippen molar-refractivity contribution in [2.75, 3.05) is 5.32 Å². The molecule has 0 unspecified atom stereocenters. The zero-order valence-electron chi connectivity index (χ0n) is 14.4. The Morgan fingerprint density at radius 1 is 1.15 bits per heavy atom. The fourth-order valence-electron chi connectivity index (χ4n) is 3.32. The molecule has 1 N–H and O–H groups in total. The van der Waals surface area contributed by atoms with Crippen LogP contribution in [0.1, 0.15) is 28.3 Å². The number of thiophene rings is 1. The molecule has 4 rings (SSSR count). The topological polar surface area (TPSA) is 63.2 Å². The number of halogens is 1. The molecule has 0 aliphatic carbocycles. The van der Waals surface area contributed by atoms with Crippen molar-refractivity contribution in [2.45, 2.75) is 29.1 Å². The second-order valence-electron chi connectivity index (χ2n) is 6.49. The Labute approximate surface area is 160 Å². The van der Waals surface area contributed by atoms with E-state index in [1.165, 1.54) is 28.8 Å². The van der Waals surface area contributed by atoms with Gasteiger partial charge in [-0.1, -0.05) is 30.3 Å². The lowest BCUT2D eigenvalue weighted by Gasteiger charge is -2.24. The molecule has 0 spiro atoms. The Kier molecular flexibility index (Phi) is 4.36. The smallest absolute Gasteiger partial charge is 0.225 e. The lowest BCUT2D eigenvalue weighted by molar-refractivity contribution is -0.116. The number of carbonyl (C=O) groups is 1. The van der Waals surface area contributed by atoms with Gasteiger partial charge in [-0.25, -0.2) is 12.8 Å². The van der Waals surface area contributed by atoms with E-state index in [0.29, 0.717) is 10.4 Å². The Bertz CT molecular complexity index is 1150. The largest absolute Gasteiger partial charge is 0.324 e. The highest BCUT2D eigenvalue weighted by Crippen LogP contribution is 2.46. The van der Waals surface area contributed by atoms with Gasteiger partial charge >= 0.3 is 0 Å². The van der Waals surface area contributed by atoms with Crippen LogP contribution in [0.5, 0.6) is 0 Å². The van der Waals surface area contributed by atoms with Crippen molar-refractivity contribution in [2.24, 2.45) is 0 Å². The molecule has 1 atom stereocenters. The molecule has 1 aliphatic heterocycles. The number of aryl methyl sites for hydroxylation is 1. The molecular formula is C20H16FNO3S2. The molecule has 0 saturated carbocycles. The molecule has 138 valence electrons. The maximum absolute atomic E-state index is 14.3. The van der Waals surface area contributed by atoms with E-state index in [4.69, 9.17) is 0 Å². The SMILES string of the molecule is Cc1cccc(S(=O)(=O)c2csc3c2NC(=O)C[C@H]3c2ccccc2F)c1. The van der Waals surface area contributed by atoms with Gasteiger partial charge in [0.25, 0.3) is 0 Å². The van der Waals surface area contributed by atoms with E-state index in [1.54, 1.807) is 30.3 Å². The summed E-state index contributed by atoms with van der Waals surface area (Å²) in [5.74, 6) is -1.23. The van der Waals surface area contributed by atoms with Crippen molar-refractivity contribution >= 4 is 32.8 Å². The van der Waals surface area contributed by atoms with Crippen molar-refractivity contribution in [3.8, 4) is 0 Å². The van der Waals surface area contributed by atoms with Gasteiger partial charge in [0, 0.05) is 22.6 Å². The Balaban J connectivity index is 1.86. The number of benzene rings is 2. The second-order valence-corrected chi connectivity index (χ2v) is 9.31. The molecule has 1 aliphatic rings. The van der Waals surface area contributed by atoms with E-state index in [1.807, 2.05) is 13.0 Å². The molecule has 7 heteroatoms. The number of amides is 1. The molecular weight excluding hydrogens is 385 g/mol. The van der Waals surface area contributed by atoms with Crippen LogP contribution >= 0.6 is 11.3 Å². The van der Waals surface area contributed by atoms with Gasteiger partial charge in [-0.3, -0.25) is 4.79 Å². The van der Waals surface area contributed by atoms with E-state index in [0.717, 1.165) is 5.56 Å². The van der Waals surface area contributed by atoms with Crippen LogP contribution in [-0.2, 0) is 14.6 Å². The number of hydrogen-bond acceptors (Lipinski definition) is 4. The number of hydrogen-bond donors (Lipinski definition) is 1. The summed E-state index contributed by atoms with van der Waals surface area (Å²) in [6.45, 7) is 1.82. The van der Waals surface area contributed by atoms with Crippen molar-refractivity contribution in [3.05, 3.63) is 75.7 Å². The van der Waals surface area contributed by atoms with E-state index in [9.17, 15) is 17.6 Å². The maximum Gasteiger partial charge on any atom is 0.225 e. The summed E-state index contributed by atoms with van der Waals surface area (Å²) in [4.78, 5) is 13.2. The highest BCUT2D eigenvalue weighted by atomic mass is 32.2. The molecule has 0 fully saturated rings. The predicted molar refractivity (Wildman–Crippen MR) is 102 cm³/mol. The van der Waals surface area contributed by atoms with Crippen molar-refractivity contribution in [1.29, 1.82) is 0 Å². The Morgan fingerprint density at radius 3 is 2.67 bits per heavy atom. The first-order chi connectivity index (χ1) is 12.9. The summed E-state index contributed by atoms with van der Waals surface area (Å²) in [7, 11) is -3.80. The fraction of sp³-hybridized carbons (Fsp3) is 0.150. The van der Waals surface area contributed by atoms with Crippen LogP contribution in [0.2, 0.25) is 0 Å². The van der Waals surface area contributed by atoms with Gasteiger partial charge in [0.15, 0.2) is 0 Å². The lowest BCUT2D eigenvalue weighted by Crippen LogP contribution is -2.24. The monoisotopic (exact) mass is 401 g/mol. The Hall–Kier alpha value is -2.51. The first-order valence-electron chi connectivity index (χ1n) is 8.35. The van der Waals surface area contributed by atoms with Crippen LogP contribution in [0.25, 0.3) is 0 Å². The van der Waals surface area contributed by atoms with Gasteiger partial charge in [0.1, 0.15) is 10.7 Å². The highest BCUT2D eigenvalue weighted by molar-refractivity contribution is 7.91. The number of rotatable bonds is 3. The van der Waals surface area contributed by atoms with Gasteiger partial charge in [-0.2, -0.15) is 0 Å². The van der Waals surface area contributed by atoms with Crippen LogP contribution in [-0.4, -0.2) is 14.3 Å². The number of anilines is 1. The van der Waals surface area contributed by atoms with Crippen LogP contribution < -0.4 is 5.32 Å². The van der Waals surface area contributed by atoms with Gasteiger partial charge in [-0.15, -0.1) is 11.3 Å². The first-order valence-corrected chi connectivity index (χ1v) is 10.7. The third-order valence-electron chi connectivity index (χ3n) is 4.63. The van der Waals surface area contributed by atoms with Crippen LogP contribution in [0, 0.1) is 12.7 Å². The zero-order valence-corrected chi connectivity index (χ0v) is 16.0. The van der Waals surface area contributed by atoms with Crippen molar-refractivity contribution < 1.29 is 17.6 Å². The molecule has 0 saturated heterocycles. The van der Waals surface area contributed by atoms with E-state index < -0.39 is 21.6 Å². The molecule has 2 aromatic carbocycles. The zero-order chi connectivity index (χ0) is 19.2. The molecule has 0 bridgehead atoms. The standard InChI is InChI=1S/C20H16FNO3S2/c1-12-5-4-6-13(9-12)27(24,25)17-11-26-20-15(10-18(23)22-19(17)20)14-7-2-3-8-16(14)21/h2-9,11,15H,10H2,1H3,(H,22,23)/t15-/m0/s1. The van der Waals surface area contributed by atoms with Crippen LogP contribution in [0.15, 0.2) is 63.7 Å². The number of sulfone groups is 1. The van der Waals surface area contributed by atoms with Gasteiger partial charge in [0.2, 0.25) is 15.7 Å². The summed E-state index contributed by atoms with van der Waals surface area (Å²) in [6, 6.07) is 12.9. The quantitative estimate of drug-likeness (QED) is 0.703. The molecule has 3 aromatic rings. The predicted octanol–water partition coefficient (Wildman–Crippen LogP) is 4.50. The van der Waals surface area contributed by atoms with Crippen molar-refractivity contribution in [1.82, 2.24) is 0 Å². The fourth-order valence-corrected chi connectivity index (χ4v) is 6.32. The average Bonchev–Trinajstić information content (AvgIpc) is 3.06. The first kappa shape index (κ1) is 17.9. The summed E-state index contributed by atoms with van der Waals surface area (Å²) < 4.78 is 40.5. The molecule has 1 aromatic heterocycles. The number of fused-ring (bicyclic) bond motifs is 1. The minimum Gasteiger partial charge on any atom is -0.324 e. The van der Waals surface area contributed by atoms with E-state index >= 15 is 0 Å². The minimum absolute atomic E-state index is 0.0579. The third kappa shape index (κ3) is 3.07. The summed E-state index contributed by atoms with van der Waals surface area (Å²) >= 11 is 1.23. The summed E-state index contributed by atoms with van der Waals surface area (Å²) in [5.41, 5.74) is 1.49. The number of carbonyl (C=O) groups excluding carboxylic acids is 1. The van der Waals surface area contributed by atoms with Crippen molar-refractivity contribution in [3.63, 3.8) is 0 Å². The summed E-state index contributed by atoms with van der Waals surface area (Å²) in [5, 5.41) is 4.22. The summed E-state index contributed by atoms with van der Waals surface area (Å²) in [6.07, 6.45) is 0.0817. The molecule has 2 heterocycles. The second kappa shape index (κ2) is 6.58. The number of nitrogens with one attached hydrogen (secondary N) is 1. The molecule has 4 nitrogen and oxygen atoms in total. The van der Waals surface area contributed by atoms with Crippen LogP contribution in [0.3, 0.4) is 0 Å². The normalized spacial score (nSPS) is 16.7. The van der Waals surface area contributed by atoms with E-state index in [-0.39, 0.29) is 27.8 Å². The molecule has 27 heavy (non-hydrogen) atoms.